The lowest BCUT2D eigenvalue weighted by atomic mass is 9.64. The molecule has 0 N–H and O–H groups in total. The fraction of sp³-hybridized carbons (Fsp3) is 0.316. The zero-order valence-electron chi connectivity index (χ0n) is 14.3. The number of hydrogen-bond donors (Lipinski definition) is 0. The van der Waals surface area contributed by atoms with Crippen LogP contribution in [0.3, 0.4) is 0 Å². The van der Waals surface area contributed by atoms with E-state index in [1.165, 1.54) is 0 Å². The molecule has 130 valence electrons. The summed E-state index contributed by atoms with van der Waals surface area (Å²) >= 11 is 0. The van der Waals surface area contributed by atoms with Gasteiger partial charge in [0.25, 0.3) is 0 Å². The molecule has 3 rings (SSSR count). The Morgan fingerprint density at radius 2 is 1.92 bits per heavy atom. The molecule has 0 bridgehead atoms. The van der Waals surface area contributed by atoms with Crippen LogP contribution in [0.25, 0.3) is 0 Å². The minimum Gasteiger partial charge on any atom is -0.427 e. The van der Waals surface area contributed by atoms with Crippen molar-refractivity contribution in [3.8, 4) is 0 Å². The molecule has 0 atom stereocenters. The normalized spacial score (nSPS) is 13.9. The summed E-state index contributed by atoms with van der Waals surface area (Å²) in [5, 5.41) is 0. The first-order valence-electron chi connectivity index (χ1n) is 8.11. The molecule has 1 aliphatic heterocycles. The minimum atomic E-state index is -4.55. The Kier molecular flexibility index (Phi) is 4.50. The van der Waals surface area contributed by atoms with Crippen LogP contribution in [-0.4, -0.2) is 12.7 Å². The standard InChI is InChI=1S/C19H18BF3O2/c1-11-6-12(2)18(15(7-11)19(21,22)23)17(24)9-13-4-5-14-10-25-20(3)16(14)8-13/h4-8H,9-10H2,1-3H3. The monoisotopic (exact) mass is 346 g/mol. The summed E-state index contributed by atoms with van der Waals surface area (Å²) in [6, 6.07) is 8.19. The van der Waals surface area contributed by atoms with Gasteiger partial charge >= 0.3 is 13.1 Å². The molecule has 0 saturated carbocycles. The summed E-state index contributed by atoms with van der Waals surface area (Å²) in [4.78, 5) is 12.7. The molecule has 1 aliphatic rings. The smallest absolute Gasteiger partial charge is 0.417 e. The van der Waals surface area contributed by atoms with E-state index < -0.39 is 17.5 Å². The summed E-state index contributed by atoms with van der Waals surface area (Å²) < 4.78 is 45.6. The number of benzene rings is 2. The highest BCUT2D eigenvalue weighted by atomic mass is 19.4. The van der Waals surface area contributed by atoms with E-state index in [-0.39, 0.29) is 18.9 Å². The third-order valence-electron chi connectivity index (χ3n) is 4.57. The molecule has 0 aromatic heterocycles. The minimum absolute atomic E-state index is 0.0584. The fourth-order valence-corrected chi connectivity index (χ4v) is 3.40. The van der Waals surface area contributed by atoms with E-state index in [0.717, 1.165) is 17.1 Å². The lowest BCUT2D eigenvalue weighted by Gasteiger charge is -2.16. The van der Waals surface area contributed by atoms with Gasteiger partial charge in [0.15, 0.2) is 5.78 Å². The molecular weight excluding hydrogens is 328 g/mol. The molecule has 6 heteroatoms. The maximum absolute atomic E-state index is 13.4. The second-order valence-electron chi connectivity index (χ2n) is 6.59. The topological polar surface area (TPSA) is 26.3 Å². The van der Waals surface area contributed by atoms with Gasteiger partial charge in [0.05, 0.1) is 12.2 Å². The van der Waals surface area contributed by atoms with E-state index in [9.17, 15) is 18.0 Å². The molecule has 0 saturated heterocycles. The van der Waals surface area contributed by atoms with Crippen molar-refractivity contribution >= 4 is 18.2 Å². The van der Waals surface area contributed by atoms with Crippen LogP contribution in [-0.2, 0) is 23.9 Å². The van der Waals surface area contributed by atoms with Crippen molar-refractivity contribution in [1.29, 1.82) is 0 Å². The molecule has 0 aliphatic carbocycles. The molecule has 0 fully saturated rings. The maximum atomic E-state index is 13.4. The van der Waals surface area contributed by atoms with E-state index in [4.69, 9.17) is 4.65 Å². The number of ketones is 1. The van der Waals surface area contributed by atoms with Gasteiger partial charge in [0.1, 0.15) is 0 Å². The zero-order chi connectivity index (χ0) is 18.4. The van der Waals surface area contributed by atoms with Crippen LogP contribution in [0.4, 0.5) is 13.2 Å². The van der Waals surface area contributed by atoms with Crippen LogP contribution in [0.5, 0.6) is 0 Å². The Morgan fingerprint density at radius 3 is 2.60 bits per heavy atom. The molecule has 1 heterocycles. The number of carbonyl (C=O) groups is 1. The Bertz CT molecular complexity index is 843. The Balaban J connectivity index is 1.96. The number of aryl methyl sites for hydroxylation is 2. The maximum Gasteiger partial charge on any atom is 0.417 e. The third kappa shape index (κ3) is 3.49. The summed E-state index contributed by atoms with van der Waals surface area (Å²) in [6.45, 7) is 5.53. The van der Waals surface area contributed by atoms with Crippen molar-refractivity contribution < 1.29 is 22.6 Å². The SMILES string of the molecule is CB1OCc2ccc(CC(=O)c3c(C)cc(C)cc3C(F)(F)F)cc21. The van der Waals surface area contributed by atoms with E-state index in [1.807, 2.05) is 19.0 Å². The molecule has 0 spiro atoms. The van der Waals surface area contributed by atoms with Gasteiger partial charge in [0, 0.05) is 12.0 Å². The summed E-state index contributed by atoms with van der Waals surface area (Å²) in [5.41, 5.74) is 2.53. The lowest BCUT2D eigenvalue weighted by molar-refractivity contribution is -0.138. The van der Waals surface area contributed by atoms with Gasteiger partial charge in [-0.15, -0.1) is 0 Å². The van der Waals surface area contributed by atoms with E-state index in [2.05, 4.69) is 0 Å². The van der Waals surface area contributed by atoms with Crippen LogP contribution in [0, 0.1) is 13.8 Å². The summed E-state index contributed by atoms with van der Waals surface area (Å²) in [5.74, 6) is -0.517. The summed E-state index contributed by atoms with van der Waals surface area (Å²) in [7, 11) is 0. The first-order valence-corrected chi connectivity index (χ1v) is 8.11. The van der Waals surface area contributed by atoms with E-state index >= 15 is 0 Å². The quantitative estimate of drug-likeness (QED) is 0.618. The first-order chi connectivity index (χ1) is 11.7. The first kappa shape index (κ1) is 17.7. The highest BCUT2D eigenvalue weighted by Gasteiger charge is 2.36. The number of fused-ring (bicyclic) bond motifs is 1. The van der Waals surface area contributed by atoms with Crippen molar-refractivity contribution in [2.24, 2.45) is 0 Å². The molecule has 0 amide bonds. The Morgan fingerprint density at radius 1 is 1.20 bits per heavy atom. The van der Waals surface area contributed by atoms with Gasteiger partial charge in [0.2, 0.25) is 0 Å². The predicted octanol–water partition coefficient (Wildman–Crippen LogP) is 4.11. The van der Waals surface area contributed by atoms with E-state index in [0.29, 0.717) is 23.3 Å². The Hall–Kier alpha value is -2.08. The average molecular weight is 346 g/mol. The van der Waals surface area contributed by atoms with Gasteiger partial charge in [-0.05, 0) is 42.1 Å². The number of halogens is 3. The fourth-order valence-electron chi connectivity index (χ4n) is 3.40. The molecule has 2 aromatic carbocycles. The van der Waals surface area contributed by atoms with E-state index in [1.54, 1.807) is 26.0 Å². The van der Waals surface area contributed by atoms with Crippen molar-refractivity contribution in [2.75, 3.05) is 0 Å². The highest BCUT2D eigenvalue weighted by molar-refractivity contribution is 6.67. The number of hydrogen-bond acceptors (Lipinski definition) is 2. The Labute approximate surface area is 145 Å². The highest BCUT2D eigenvalue weighted by Crippen LogP contribution is 2.35. The number of Topliss-reactive ketones (excluding diaryl/α,β-unsaturated/α-hetero) is 1. The second kappa shape index (κ2) is 6.34. The van der Waals surface area contributed by atoms with Gasteiger partial charge in [-0.25, -0.2) is 0 Å². The predicted molar refractivity (Wildman–Crippen MR) is 91.4 cm³/mol. The average Bonchev–Trinajstić information content (AvgIpc) is 2.86. The van der Waals surface area contributed by atoms with Gasteiger partial charge in [-0.3, -0.25) is 4.79 Å². The zero-order valence-corrected chi connectivity index (χ0v) is 14.3. The molecule has 25 heavy (non-hydrogen) atoms. The molecule has 2 nitrogen and oxygen atoms in total. The van der Waals surface area contributed by atoms with Gasteiger partial charge in [-0.2, -0.15) is 13.2 Å². The van der Waals surface area contributed by atoms with Crippen LogP contribution >= 0.6 is 0 Å². The van der Waals surface area contributed by atoms with Gasteiger partial charge in [-0.1, -0.05) is 36.7 Å². The third-order valence-corrected chi connectivity index (χ3v) is 4.57. The van der Waals surface area contributed by atoms with Gasteiger partial charge < -0.3 is 4.65 Å². The van der Waals surface area contributed by atoms with Crippen LogP contribution in [0.1, 0.15) is 38.2 Å². The van der Waals surface area contributed by atoms with Crippen LogP contribution < -0.4 is 5.46 Å². The van der Waals surface area contributed by atoms with Crippen LogP contribution in [0.2, 0.25) is 6.82 Å². The van der Waals surface area contributed by atoms with Crippen LogP contribution in [0.15, 0.2) is 30.3 Å². The van der Waals surface area contributed by atoms with Crippen molar-refractivity contribution in [3.63, 3.8) is 0 Å². The molecule has 0 radical (unpaired) electrons. The lowest BCUT2D eigenvalue weighted by Crippen LogP contribution is -2.25. The van der Waals surface area contributed by atoms with Crippen molar-refractivity contribution in [3.05, 3.63) is 63.7 Å². The number of carbonyl (C=O) groups excluding carboxylic acids is 1. The van der Waals surface area contributed by atoms with Crippen molar-refractivity contribution in [1.82, 2.24) is 0 Å². The number of rotatable bonds is 3. The largest absolute Gasteiger partial charge is 0.427 e. The molecule has 2 aromatic rings. The second-order valence-corrected chi connectivity index (χ2v) is 6.59. The molecule has 0 unspecified atom stereocenters. The molecular formula is C19H18BF3O2. The van der Waals surface area contributed by atoms with Crippen molar-refractivity contribution in [2.45, 2.75) is 39.9 Å². The summed E-state index contributed by atoms with van der Waals surface area (Å²) in [6.07, 6.45) is -4.62. The number of alkyl halides is 3.